The van der Waals surface area contributed by atoms with Crippen molar-refractivity contribution in [2.75, 3.05) is 6.61 Å². The van der Waals surface area contributed by atoms with Crippen LogP contribution in [0.1, 0.15) is 18.4 Å². The van der Waals surface area contributed by atoms with Gasteiger partial charge in [-0.2, -0.15) is 0 Å². The van der Waals surface area contributed by atoms with E-state index in [4.69, 9.17) is 5.90 Å². The fourth-order valence-corrected chi connectivity index (χ4v) is 2.12. The van der Waals surface area contributed by atoms with Crippen LogP contribution in [0, 0.1) is 0 Å². The van der Waals surface area contributed by atoms with Crippen LogP contribution in [0.3, 0.4) is 0 Å². The largest absolute Gasteiger partial charge is 0.304 e. The first-order valence-corrected chi connectivity index (χ1v) is 4.97. The quantitative estimate of drug-likeness (QED) is 0.818. The van der Waals surface area contributed by atoms with Crippen LogP contribution >= 0.6 is 27.3 Å². The Labute approximate surface area is 78.4 Å². The Morgan fingerprint density at radius 2 is 2.55 bits per heavy atom. The normalized spacial score (nSPS) is 13.4. The van der Waals surface area contributed by atoms with Gasteiger partial charge in [-0.25, -0.2) is 5.90 Å². The molecule has 2 nitrogen and oxygen atoms in total. The number of hydrogen-bond donors (Lipinski definition) is 1. The third-order valence-electron chi connectivity index (χ3n) is 1.50. The second kappa shape index (κ2) is 4.21. The van der Waals surface area contributed by atoms with Gasteiger partial charge in [-0.1, -0.05) is 6.92 Å². The van der Waals surface area contributed by atoms with E-state index >= 15 is 0 Å². The van der Waals surface area contributed by atoms with Crippen LogP contribution in [-0.4, -0.2) is 6.61 Å². The minimum Gasteiger partial charge on any atom is -0.304 e. The summed E-state index contributed by atoms with van der Waals surface area (Å²) >= 11 is 5.08. The Kier molecular flexibility index (Phi) is 3.51. The molecule has 0 amide bonds. The Morgan fingerprint density at radius 3 is 3.00 bits per heavy atom. The van der Waals surface area contributed by atoms with Gasteiger partial charge in [0.2, 0.25) is 0 Å². The van der Waals surface area contributed by atoms with Gasteiger partial charge in [-0.05, 0) is 32.9 Å². The molecule has 0 aliphatic heterocycles. The van der Waals surface area contributed by atoms with Crippen LogP contribution in [0.15, 0.2) is 15.2 Å². The van der Waals surface area contributed by atoms with Gasteiger partial charge >= 0.3 is 0 Å². The molecule has 1 rings (SSSR count). The fourth-order valence-electron chi connectivity index (χ4n) is 0.822. The molecule has 0 spiro atoms. The number of halogens is 1. The highest BCUT2D eigenvalue weighted by molar-refractivity contribution is 9.11. The van der Waals surface area contributed by atoms with Gasteiger partial charge in [0.05, 0.1) is 10.4 Å². The summed E-state index contributed by atoms with van der Waals surface area (Å²) in [6.45, 7) is 2.66. The fraction of sp³-hybridized carbons (Fsp3) is 0.429. The molecule has 1 heterocycles. The van der Waals surface area contributed by atoms with Crippen LogP contribution in [0.2, 0.25) is 0 Å². The van der Waals surface area contributed by atoms with E-state index in [2.05, 4.69) is 39.1 Å². The van der Waals surface area contributed by atoms with Crippen LogP contribution in [0.5, 0.6) is 0 Å². The van der Waals surface area contributed by atoms with E-state index in [1.807, 2.05) is 0 Å². The highest BCUT2D eigenvalue weighted by Crippen LogP contribution is 2.26. The zero-order valence-corrected chi connectivity index (χ0v) is 8.61. The summed E-state index contributed by atoms with van der Waals surface area (Å²) in [5.74, 6) is 5.34. The molecule has 0 bridgehead atoms. The zero-order valence-electron chi connectivity index (χ0n) is 6.21. The molecule has 2 N–H and O–H groups in total. The van der Waals surface area contributed by atoms with Crippen LogP contribution in [0.4, 0.5) is 0 Å². The summed E-state index contributed by atoms with van der Waals surface area (Å²) in [5.41, 5.74) is 1.27. The summed E-state index contributed by atoms with van der Waals surface area (Å²) in [5, 5.41) is 2.10. The monoisotopic (exact) mass is 235 g/mol. The van der Waals surface area contributed by atoms with Crippen molar-refractivity contribution in [2.24, 2.45) is 5.90 Å². The molecular weight excluding hydrogens is 226 g/mol. The van der Waals surface area contributed by atoms with Crippen molar-refractivity contribution in [1.29, 1.82) is 0 Å². The maximum atomic E-state index is 4.97. The average molecular weight is 236 g/mol. The van der Waals surface area contributed by atoms with Gasteiger partial charge < -0.3 is 4.84 Å². The summed E-state index contributed by atoms with van der Waals surface area (Å²) in [4.78, 5) is 4.56. The van der Waals surface area contributed by atoms with Gasteiger partial charge in [-0.3, -0.25) is 0 Å². The van der Waals surface area contributed by atoms with E-state index in [9.17, 15) is 0 Å². The molecule has 1 unspecified atom stereocenters. The summed E-state index contributed by atoms with van der Waals surface area (Å²) < 4.78 is 1.15. The van der Waals surface area contributed by atoms with Gasteiger partial charge in [0.25, 0.3) is 0 Å². The Balaban J connectivity index is 2.60. The molecule has 0 aromatic carbocycles. The van der Waals surface area contributed by atoms with E-state index in [1.54, 1.807) is 11.3 Å². The molecule has 4 heteroatoms. The SMILES string of the molecule is CC(CON)c1csc(Br)c1. The van der Waals surface area contributed by atoms with Crippen molar-refractivity contribution in [1.82, 2.24) is 0 Å². The third kappa shape index (κ3) is 2.56. The van der Waals surface area contributed by atoms with Crippen molar-refractivity contribution in [3.63, 3.8) is 0 Å². The first-order valence-electron chi connectivity index (χ1n) is 3.29. The first kappa shape index (κ1) is 9.19. The lowest BCUT2D eigenvalue weighted by Crippen LogP contribution is -2.07. The van der Waals surface area contributed by atoms with Crippen LogP contribution in [0.25, 0.3) is 0 Å². The van der Waals surface area contributed by atoms with Crippen molar-refractivity contribution in [3.8, 4) is 0 Å². The smallest absolute Gasteiger partial charge is 0.0745 e. The zero-order chi connectivity index (χ0) is 8.27. The van der Waals surface area contributed by atoms with Crippen LogP contribution < -0.4 is 5.90 Å². The Hall–Kier alpha value is 0.100. The lowest BCUT2D eigenvalue weighted by atomic mass is 10.1. The van der Waals surface area contributed by atoms with E-state index in [1.165, 1.54) is 5.56 Å². The molecule has 0 aliphatic carbocycles. The number of hydrogen-bond acceptors (Lipinski definition) is 3. The van der Waals surface area contributed by atoms with Gasteiger partial charge in [0, 0.05) is 5.92 Å². The standard InChI is InChI=1S/C7H10BrNOS/c1-5(3-10-9)6-2-7(8)11-4-6/h2,4-5H,3,9H2,1H3. The predicted octanol–water partition coefficient (Wildman–Crippen LogP) is 2.50. The molecule has 62 valence electrons. The topological polar surface area (TPSA) is 35.2 Å². The van der Waals surface area contributed by atoms with Crippen molar-refractivity contribution in [2.45, 2.75) is 12.8 Å². The van der Waals surface area contributed by atoms with Crippen molar-refractivity contribution in [3.05, 3.63) is 20.8 Å². The Bertz CT molecular complexity index is 226. The molecule has 11 heavy (non-hydrogen) atoms. The molecule has 0 fully saturated rings. The summed E-state index contributed by atoms with van der Waals surface area (Å²) in [6, 6.07) is 2.09. The van der Waals surface area contributed by atoms with E-state index < -0.39 is 0 Å². The molecule has 0 saturated heterocycles. The van der Waals surface area contributed by atoms with E-state index in [-0.39, 0.29) is 0 Å². The third-order valence-corrected chi connectivity index (χ3v) is 3.03. The minimum atomic E-state index is 0.377. The second-order valence-corrected chi connectivity index (χ2v) is 4.71. The molecule has 0 aliphatic rings. The predicted molar refractivity (Wildman–Crippen MR) is 50.6 cm³/mol. The van der Waals surface area contributed by atoms with Crippen LogP contribution in [-0.2, 0) is 4.84 Å². The van der Waals surface area contributed by atoms with Crippen molar-refractivity contribution < 1.29 is 4.84 Å². The maximum absolute atomic E-state index is 4.97. The second-order valence-electron chi connectivity index (χ2n) is 2.42. The van der Waals surface area contributed by atoms with Crippen molar-refractivity contribution >= 4 is 27.3 Å². The molecule has 1 atom stereocenters. The summed E-state index contributed by atoms with van der Waals surface area (Å²) in [6.07, 6.45) is 0. The lowest BCUT2D eigenvalue weighted by molar-refractivity contribution is 0.127. The Morgan fingerprint density at radius 1 is 1.82 bits per heavy atom. The molecule has 1 aromatic rings. The molecular formula is C7H10BrNOS. The average Bonchev–Trinajstić information content (AvgIpc) is 2.36. The van der Waals surface area contributed by atoms with Gasteiger partial charge in [-0.15, -0.1) is 11.3 Å². The van der Waals surface area contributed by atoms with Gasteiger partial charge in [0.15, 0.2) is 0 Å². The highest BCUT2D eigenvalue weighted by Gasteiger charge is 2.06. The number of thiophene rings is 1. The number of nitrogens with two attached hydrogens (primary N) is 1. The van der Waals surface area contributed by atoms with E-state index in [0.717, 1.165) is 3.79 Å². The van der Waals surface area contributed by atoms with E-state index in [0.29, 0.717) is 12.5 Å². The lowest BCUT2D eigenvalue weighted by Gasteiger charge is -2.05. The minimum absolute atomic E-state index is 0.377. The molecule has 0 saturated carbocycles. The number of rotatable bonds is 3. The molecule has 0 radical (unpaired) electrons. The highest BCUT2D eigenvalue weighted by atomic mass is 79.9. The van der Waals surface area contributed by atoms with Gasteiger partial charge in [0.1, 0.15) is 0 Å². The maximum Gasteiger partial charge on any atom is 0.0745 e. The summed E-state index contributed by atoms with van der Waals surface area (Å²) in [7, 11) is 0. The first-order chi connectivity index (χ1) is 5.24. The molecule has 1 aromatic heterocycles.